The van der Waals surface area contributed by atoms with Crippen molar-refractivity contribution in [3.63, 3.8) is 0 Å². The number of ether oxygens (including phenoxy) is 2. The molecule has 1 aromatic rings. The summed E-state index contributed by atoms with van der Waals surface area (Å²) < 4.78 is 11.3. The van der Waals surface area contributed by atoms with Crippen LogP contribution >= 0.6 is 0 Å². The predicted octanol–water partition coefficient (Wildman–Crippen LogP) is 1.27. The summed E-state index contributed by atoms with van der Waals surface area (Å²) in [5.41, 5.74) is 1.00. The van der Waals surface area contributed by atoms with Crippen LogP contribution in [0.3, 0.4) is 0 Å². The maximum absolute atomic E-state index is 12.5. The van der Waals surface area contributed by atoms with Gasteiger partial charge in [0, 0.05) is 58.1 Å². The van der Waals surface area contributed by atoms with E-state index in [1.807, 2.05) is 17.0 Å². The number of hydrogen-bond donors (Lipinski definition) is 1. The van der Waals surface area contributed by atoms with E-state index in [0.29, 0.717) is 38.7 Å². The fourth-order valence-corrected chi connectivity index (χ4v) is 3.51. The average molecular weight is 390 g/mol. The van der Waals surface area contributed by atoms with Crippen molar-refractivity contribution in [2.75, 3.05) is 46.4 Å². The van der Waals surface area contributed by atoms with Gasteiger partial charge in [0.2, 0.25) is 5.88 Å². The van der Waals surface area contributed by atoms with E-state index in [4.69, 9.17) is 9.47 Å². The Morgan fingerprint density at radius 2 is 2.14 bits per heavy atom. The number of hydrogen-bond acceptors (Lipinski definition) is 5. The van der Waals surface area contributed by atoms with Crippen LogP contribution < -0.4 is 10.1 Å². The largest absolute Gasteiger partial charge is 0.477 e. The summed E-state index contributed by atoms with van der Waals surface area (Å²) in [7, 11) is 1.78. The van der Waals surface area contributed by atoms with Crippen molar-refractivity contribution < 1.29 is 14.3 Å². The van der Waals surface area contributed by atoms with Crippen molar-refractivity contribution in [1.82, 2.24) is 20.1 Å². The maximum atomic E-state index is 12.5. The first-order valence-corrected chi connectivity index (χ1v) is 10.2. The van der Waals surface area contributed by atoms with E-state index in [9.17, 15) is 4.79 Å². The lowest BCUT2D eigenvalue weighted by Crippen LogP contribution is -2.55. The summed E-state index contributed by atoms with van der Waals surface area (Å²) in [6, 6.07) is 3.92. The SMILES string of the molecule is CCCOc1ncccc1CNC(=NC)N1CCN(C(=O)C2CCCO2)CC1. The Labute approximate surface area is 166 Å². The van der Waals surface area contributed by atoms with Crippen molar-refractivity contribution in [2.24, 2.45) is 4.99 Å². The summed E-state index contributed by atoms with van der Waals surface area (Å²) in [4.78, 5) is 25.3. The molecule has 0 saturated carbocycles. The zero-order valence-corrected chi connectivity index (χ0v) is 16.9. The van der Waals surface area contributed by atoms with Gasteiger partial charge in [0.05, 0.1) is 6.61 Å². The van der Waals surface area contributed by atoms with Crippen LogP contribution in [0, 0.1) is 0 Å². The highest BCUT2D eigenvalue weighted by Gasteiger charge is 2.30. The number of pyridine rings is 1. The molecule has 8 heteroatoms. The summed E-state index contributed by atoms with van der Waals surface area (Å²) in [5.74, 6) is 1.63. The van der Waals surface area contributed by atoms with Gasteiger partial charge in [-0.25, -0.2) is 4.98 Å². The molecule has 2 fully saturated rings. The monoisotopic (exact) mass is 389 g/mol. The van der Waals surface area contributed by atoms with E-state index in [-0.39, 0.29) is 12.0 Å². The van der Waals surface area contributed by atoms with E-state index in [1.54, 1.807) is 13.2 Å². The number of carbonyl (C=O) groups excluding carboxylic acids is 1. The first-order chi connectivity index (χ1) is 13.7. The molecule has 2 aliphatic heterocycles. The molecule has 2 saturated heterocycles. The van der Waals surface area contributed by atoms with Gasteiger partial charge in [-0.3, -0.25) is 9.79 Å². The first kappa shape index (κ1) is 20.4. The molecule has 0 aromatic carbocycles. The van der Waals surface area contributed by atoms with Gasteiger partial charge in [-0.1, -0.05) is 13.0 Å². The molecule has 2 aliphatic rings. The minimum absolute atomic E-state index is 0.133. The number of guanidine groups is 1. The van der Waals surface area contributed by atoms with Gasteiger partial charge in [0.1, 0.15) is 6.10 Å². The highest BCUT2D eigenvalue weighted by atomic mass is 16.5. The van der Waals surface area contributed by atoms with Crippen molar-refractivity contribution in [3.8, 4) is 5.88 Å². The third kappa shape index (κ3) is 5.13. The second-order valence-corrected chi connectivity index (χ2v) is 7.03. The second-order valence-electron chi connectivity index (χ2n) is 7.03. The molecule has 0 bridgehead atoms. The quantitative estimate of drug-likeness (QED) is 0.583. The summed E-state index contributed by atoms with van der Waals surface area (Å²) in [5, 5.41) is 3.40. The zero-order valence-electron chi connectivity index (χ0n) is 16.9. The molecule has 0 aliphatic carbocycles. The summed E-state index contributed by atoms with van der Waals surface area (Å²) in [6.45, 7) is 6.91. The van der Waals surface area contributed by atoms with Crippen molar-refractivity contribution in [2.45, 2.75) is 38.8 Å². The minimum atomic E-state index is -0.240. The van der Waals surface area contributed by atoms with Crippen molar-refractivity contribution >= 4 is 11.9 Å². The molecule has 1 amide bonds. The standard InChI is InChI=1S/C20H31N5O3/c1-3-13-28-18-16(6-4-8-22-18)15-23-20(21-2)25-11-9-24(10-12-25)19(26)17-7-5-14-27-17/h4,6,8,17H,3,5,7,9-15H2,1-2H3,(H,21,23). The number of amides is 1. The Balaban J connectivity index is 1.51. The van der Waals surface area contributed by atoms with Crippen LogP contribution in [0.1, 0.15) is 31.7 Å². The summed E-state index contributed by atoms with van der Waals surface area (Å²) in [6.07, 6.45) is 4.27. The van der Waals surface area contributed by atoms with Crippen LogP contribution in [0.5, 0.6) is 5.88 Å². The third-order valence-corrected chi connectivity index (χ3v) is 5.04. The van der Waals surface area contributed by atoms with Gasteiger partial charge < -0.3 is 24.6 Å². The Hall–Kier alpha value is -2.35. The number of carbonyl (C=O) groups is 1. The molecule has 1 aromatic heterocycles. The Morgan fingerprint density at radius 3 is 2.82 bits per heavy atom. The van der Waals surface area contributed by atoms with Gasteiger partial charge in [-0.2, -0.15) is 0 Å². The van der Waals surface area contributed by atoms with Gasteiger partial charge >= 0.3 is 0 Å². The van der Waals surface area contributed by atoms with Gasteiger partial charge in [0.25, 0.3) is 5.91 Å². The molecule has 8 nitrogen and oxygen atoms in total. The Morgan fingerprint density at radius 1 is 1.36 bits per heavy atom. The Kier molecular flexibility index (Phi) is 7.47. The number of nitrogens with zero attached hydrogens (tertiary/aromatic N) is 4. The first-order valence-electron chi connectivity index (χ1n) is 10.2. The van der Waals surface area contributed by atoms with Gasteiger partial charge in [-0.05, 0) is 25.3 Å². The average Bonchev–Trinajstić information content (AvgIpc) is 3.28. The van der Waals surface area contributed by atoms with Crippen LogP contribution in [0.2, 0.25) is 0 Å². The third-order valence-electron chi connectivity index (χ3n) is 5.04. The van der Waals surface area contributed by atoms with E-state index in [0.717, 1.165) is 43.9 Å². The lowest BCUT2D eigenvalue weighted by molar-refractivity contribution is -0.142. The van der Waals surface area contributed by atoms with E-state index in [1.165, 1.54) is 0 Å². The molecule has 3 rings (SSSR count). The predicted molar refractivity (Wildman–Crippen MR) is 107 cm³/mol. The molecule has 154 valence electrons. The van der Waals surface area contributed by atoms with Crippen LogP contribution in [0.15, 0.2) is 23.3 Å². The molecule has 1 atom stereocenters. The normalized spacial score (nSPS) is 20.4. The van der Waals surface area contributed by atoms with Crippen LogP contribution in [-0.4, -0.2) is 79.2 Å². The van der Waals surface area contributed by atoms with E-state index < -0.39 is 0 Å². The maximum Gasteiger partial charge on any atom is 0.251 e. The molecule has 1 N–H and O–H groups in total. The summed E-state index contributed by atoms with van der Waals surface area (Å²) >= 11 is 0. The smallest absolute Gasteiger partial charge is 0.251 e. The topological polar surface area (TPSA) is 79.3 Å². The molecule has 0 radical (unpaired) electrons. The minimum Gasteiger partial charge on any atom is -0.477 e. The number of rotatable bonds is 6. The molecule has 1 unspecified atom stereocenters. The number of nitrogens with one attached hydrogen (secondary N) is 1. The molecule has 28 heavy (non-hydrogen) atoms. The Bertz CT molecular complexity index is 668. The number of aromatic nitrogens is 1. The number of aliphatic imine (C=N–C) groups is 1. The van der Waals surface area contributed by atoms with Crippen molar-refractivity contribution in [3.05, 3.63) is 23.9 Å². The highest BCUT2D eigenvalue weighted by molar-refractivity contribution is 5.82. The van der Waals surface area contributed by atoms with Crippen LogP contribution in [0.25, 0.3) is 0 Å². The second kappa shape index (κ2) is 10.3. The van der Waals surface area contributed by atoms with Gasteiger partial charge in [-0.15, -0.1) is 0 Å². The lowest BCUT2D eigenvalue weighted by Gasteiger charge is -2.37. The lowest BCUT2D eigenvalue weighted by atomic mass is 10.2. The zero-order chi connectivity index (χ0) is 19.8. The molecular formula is C20H31N5O3. The molecule has 0 spiro atoms. The number of piperazine rings is 1. The molecule has 3 heterocycles. The fraction of sp³-hybridized carbons (Fsp3) is 0.650. The van der Waals surface area contributed by atoms with Crippen LogP contribution in [-0.2, 0) is 16.1 Å². The fourth-order valence-electron chi connectivity index (χ4n) is 3.51. The van der Waals surface area contributed by atoms with E-state index >= 15 is 0 Å². The highest BCUT2D eigenvalue weighted by Crippen LogP contribution is 2.17. The van der Waals surface area contributed by atoms with E-state index in [2.05, 4.69) is 27.1 Å². The molecular weight excluding hydrogens is 358 g/mol. The van der Waals surface area contributed by atoms with Crippen molar-refractivity contribution in [1.29, 1.82) is 0 Å². The van der Waals surface area contributed by atoms with Crippen LogP contribution in [0.4, 0.5) is 0 Å². The van der Waals surface area contributed by atoms with Gasteiger partial charge in [0.15, 0.2) is 5.96 Å².